The highest BCUT2D eigenvalue weighted by Crippen LogP contribution is 2.31. The Morgan fingerprint density at radius 2 is 2.22 bits per heavy atom. The fourth-order valence-corrected chi connectivity index (χ4v) is 2.41. The van der Waals surface area contributed by atoms with Crippen molar-refractivity contribution in [3.63, 3.8) is 0 Å². The third-order valence-electron chi connectivity index (χ3n) is 3.64. The standard InChI is InChI=1S/C15H24N2O/c1-12(8-9-18-2)17(15-6-7-15)11-13-4-3-5-14(16)10-13/h3-5,10,12,15H,6-9,11,16H2,1-2H3. The number of hydrogen-bond donors (Lipinski definition) is 1. The fraction of sp³-hybridized carbons (Fsp3) is 0.600. The predicted octanol–water partition coefficient (Wildman–Crippen LogP) is 2.66. The van der Waals surface area contributed by atoms with Crippen LogP contribution in [0.15, 0.2) is 24.3 Å². The lowest BCUT2D eigenvalue weighted by Crippen LogP contribution is -2.35. The molecule has 1 aromatic rings. The Kier molecular flexibility index (Phi) is 4.61. The molecule has 0 amide bonds. The largest absolute Gasteiger partial charge is 0.399 e. The van der Waals surface area contributed by atoms with Crippen LogP contribution in [-0.2, 0) is 11.3 Å². The SMILES string of the molecule is COCCC(C)N(Cc1cccc(N)c1)C1CC1. The van der Waals surface area contributed by atoms with Crippen molar-refractivity contribution in [1.82, 2.24) is 4.90 Å². The normalized spacial score (nSPS) is 17.1. The van der Waals surface area contributed by atoms with E-state index >= 15 is 0 Å². The first-order chi connectivity index (χ1) is 8.70. The molecule has 1 fully saturated rings. The molecule has 1 aliphatic carbocycles. The number of rotatable bonds is 7. The Labute approximate surface area is 110 Å². The van der Waals surface area contributed by atoms with Crippen LogP contribution >= 0.6 is 0 Å². The lowest BCUT2D eigenvalue weighted by Gasteiger charge is -2.29. The summed E-state index contributed by atoms with van der Waals surface area (Å²) in [5, 5.41) is 0. The van der Waals surface area contributed by atoms with E-state index in [9.17, 15) is 0 Å². The first-order valence-electron chi connectivity index (χ1n) is 6.80. The fourth-order valence-electron chi connectivity index (χ4n) is 2.41. The summed E-state index contributed by atoms with van der Waals surface area (Å²) in [7, 11) is 1.77. The predicted molar refractivity (Wildman–Crippen MR) is 75.4 cm³/mol. The highest BCUT2D eigenvalue weighted by Gasteiger charge is 2.31. The molecule has 0 spiro atoms. The average molecular weight is 248 g/mol. The second-order valence-corrected chi connectivity index (χ2v) is 5.28. The van der Waals surface area contributed by atoms with Crippen LogP contribution < -0.4 is 5.73 Å². The van der Waals surface area contributed by atoms with Crippen molar-refractivity contribution in [3.8, 4) is 0 Å². The molecule has 3 nitrogen and oxygen atoms in total. The molecular formula is C15H24N2O. The molecule has 0 aromatic heterocycles. The van der Waals surface area contributed by atoms with Crippen LogP contribution in [0, 0.1) is 0 Å². The summed E-state index contributed by atoms with van der Waals surface area (Å²) in [6.45, 7) is 4.13. The van der Waals surface area contributed by atoms with E-state index in [0.717, 1.165) is 31.3 Å². The third kappa shape index (κ3) is 3.72. The van der Waals surface area contributed by atoms with Gasteiger partial charge in [-0.15, -0.1) is 0 Å². The number of nitrogens with two attached hydrogens (primary N) is 1. The van der Waals surface area contributed by atoms with Gasteiger partial charge in [-0.3, -0.25) is 4.90 Å². The minimum absolute atomic E-state index is 0.568. The van der Waals surface area contributed by atoms with Crippen molar-refractivity contribution in [2.75, 3.05) is 19.5 Å². The van der Waals surface area contributed by atoms with E-state index in [1.807, 2.05) is 12.1 Å². The van der Waals surface area contributed by atoms with Gasteiger partial charge in [0.1, 0.15) is 0 Å². The number of ether oxygens (including phenoxy) is 1. The van der Waals surface area contributed by atoms with Gasteiger partial charge in [0, 0.05) is 38.0 Å². The summed E-state index contributed by atoms with van der Waals surface area (Å²) in [5.74, 6) is 0. The summed E-state index contributed by atoms with van der Waals surface area (Å²) in [4.78, 5) is 2.59. The Morgan fingerprint density at radius 3 is 2.83 bits per heavy atom. The first-order valence-corrected chi connectivity index (χ1v) is 6.80. The summed E-state index contributed by atoms with van der Waals surface area (Å²) < 4.78 is 5.19. The van der Waals surface area contributed by atoms with Gasteiger partial charge in [-0.2, -0.15) is 0 Å². The van der Waals surface area contributed by atoms with Gasteiger partial charge in [-0.1, -0.05) is 12.1 Å². The number of nitrogens with zero attached hydrogens (tertiary/aromatic N) is 1. The van der Waals surface area contributed by atoms with Gasteiger partial charge in [0.25, 0.3) is 0 Å². The van der Waals surface area contributed by atoms with Crippen LogP contribution in [0.4, 0.5) is 5.69 Å². The van der Waals surface area contributed by atoms with E-state index in [4.69, 9.17) is 10.5 Å². The van der Waals surface area contributed by atoms with Gasteiger partial charge in [0.2, 0.25) is 0 Å². The molecule has 18 heavy (non-hydrogen) atoms. The molecule has 100 valence electrons. The summed E-state index contributed by atoms with van der Waals surface area (Å²) >= 11 is 0. The van der Waals surface area contributed by atoms with E-state index in [1.54, 1.807) is 7.11 Å². The molecular weight excluding hydrogens is 224 g/mol. The van der Waals surface area contributed by atoms with Gasteiger partial charge in [-0.05, 0) is 43.9 Å². The van der Waals surface area contributed by atoms with Gasteiger partial charge in [0.05, 0.1) is 0 Å². The molecule has 1 atom stereocenters. The molecule has 1 saturated carbocycles. The van der Waals surface area contributed by atoms with Crippen molar-refractivity contribution in [1.29, 1.82) is 0 Å². The number of benzene rings is 1. The maximum absolute atomic E-state index is 5.84. The topological polar surface area (TPSA) is 38.5 Å². The second-order valence-electron chi connectivity index (χ2n) is 5.28. The molecule has 1 unspecified atom stereocenters. The van der Waals surface area contributed by atoms with Crippen LogP contribution in [0.1, 0.15) is 31.7 Å². The van der Waals surface area contributed by atoms with Gasteiger partial charge < -0.3 is 10.5 Å². The summed E-state index contributed by atoms with van der Waals surface area (Å²) in [5.41, 5.74) is 8.01. The maximum Gasteiger partial charge on any atom is 0.0477 e. The molecule has 0 bridgehead atoms. The van der Waals surface area contributed by atoms with E-state index < -0.39 is 0 Å². The zero-order chi connectivity index (χ0) is 13.0. The van der Waals surface area contributed by atoms with Crippen molar-refractivity contribution >= 4 is 5.69 Å². The van der Waals surface area contributed by atoms with E-state index in [0.29, 0.717) is 6.04 Å². The highest BCUT2D eigenvalue weighted by atomic mass is 16.5. The van der Waals surface area contributed by atoms with Crippen molar-refractivity contribution in [3.05, 3.63) is 29.8 Å². The number of hydrogen-bond acceptors (Lipinski definition) is 3. The molecule has 1 aromatic carbocycles. The monoisotopic (exact) mass is 248 g/mol. The molecule has 3 heteroatoms. The Hall–Kier alpha value is -1.06. The Bertz CT molecular complexity index is 377. The van der Waals surface area contributed by atoms with Crippen molar-refractivity contribution < 1.29 is 4.74 Å². The second kappa shape index (κ2) is 6.21. The van der Waals surface area contributed by atoms with Gasteiger partial charge >= 0.3 is 0 Å². The van der Waals surface area contributed by atoms with Crippen LogP contribution in [0.2, 0.25) is 0 Å². The molecule has 2 N–H and O–H groups in total. The van der Waals surface area contributed by atoms with Crippen LogP contribution in [0.5, 0.6) is 0 Å². The molecule has 2 rings (SSSR count). The van der Waals surface area contributed by atoms with E-state index in [1.165, 1.54) is 18.4 Å². The zero-order valence-electron chi connectivity index (χ0n) is 11.4. The average Bonchev–Trinajstić information content (AvgIpc) is 3.17. The Morgan fingerprint density at radius 1 is 1.44 bits per heavy atom. The smallest absolute Gasteiger partial charge is 0.0477 e. The maximum atomic E-state index is 5.84. The molecule has 0 heterocycles. The lowest BCUT2D eigenvalue weighted by atomic mass is 10.1. The molecule has 0 radical (unpaired) electrons. The molecule has 0 saturated heterocycles. The molecule has 1 aliphatic rings. The van der Waals surface area contributed by atoms with Gasteiger partial charge in [0.15, 0.2) is 0 Å². The summed E-state index contributed by atoms with van der Waals surface area (Å²) in [6, 6.07) is 9.55. The van der Waals surface area contributed by atoms with Crippen molar-refractivity contribution in [2.45, 2.75) is 44.8 Å². The van der Waals surface area contributed by atoms with Gasteiger partial charge in [-0.25, -0.2) is 0 Å². The third-order valence-corrected chi connectivity index (χ3v) is 3.64. The molecule has 0 aliphatic heterocycles. The lowest BCUT2D eigenvalue weighted by molar-refractivity contribution is 0.128. The number of nitrogen functional groups attached to an aromatic ring is 1. The highest BCUT2D eigenvalue weighted by molar-refractivity contribution is 5.40. The van der Waals surface area contributed by atoms with E-state index in [-0.39, 0.29) is 0 Å². The van der Waals surface area contributed by atoms with Crippen LogP contribution in [-0.4, -0.2) is 30.7 Å². The van der Waals surface area contributed by atoms with E-state index in [2.05, 4.69) is 24.0 Å². The number of methoxy groups -OCH3 is 1. The minimum atomic E-state index is 0.568. The first kappa shape index (κ1) is 13.4. The van der Waals surface area contributed by atoms with Crippen molar-refractivity contribution in [2.24, 2.45) is 0 Å². The van der Waals surface area contributed by atoms with Crippen LogP contribution in [0.25, 0.3) is 0 Å². The zero-order valence-corrected chi connectivity index (χ0v) is 11.4. The number of anilines is 1. The van der Waals surface area contributed by atoms with Crippen LogP contribution in [0.3, 0.4) is 0 Å². The Balaban J connectivity index is 1.97. The minimum Gasteiger partial charge on any atom is -0.399 e. The quantitative estimate of drug-likeness (QED) is 0.754. The summed E-state index contributed by atoms with van der Waals surface area (Å²) in [6.07, 6.45) is 3.76.